The van der Waals surface area contributed by atoms with Crippen molar-refractivity contribution in [2.45, 2.75) is 165 Å². The van der Waals surface area contributed by atoms with Crippen molar-refractivity contribution in [1.29, 1.82) is 0 Å². The van der Waals surface area contributed by atoms with Crippen molar-refractivity contribution in [3.8, 4) is 0 Å². The lowest BCUT2D eigenvalue weighted by Gasteiger charge is -2.43. The molecule has 3 saturated heterocycles. The number of ether oxygens (including phenoxy) is 8. The van der Waals surface area contributed by atoms with E-state index in [2.05, 4.69) is 5.32 Å². The molecule has 19 atom stereocenters. The van der Waals surface area contributed by atoms with Crippen LogP contribution in [0.1, 0.15) is 74.1 Å². The van der Waals surface area contributed by atoms with E-state index in [0.29, 0.717) is 19.3 Å². The number of carboxylic acids is 1. The van der Waals surface area contributed by atoms with Gasteiger partial charge in [-0.2, -0.15) is 11.8 Å². The lowest BCUT2D eigenvalue weighted by molar-refractivity contribution is -0.305. The summed E-state index contributed by atoms with van der Waals surface area (Å²) in [5, 5.41) is 33.9. The Morgan fingerprint density at radius 2 is 1.63 bits per heavy atom. The second kappa shape index (κ2) is 22.9. The molecule has 0 bridgehead atoms. The molecule has 4 heterocycles. The predicted octanol–water partition coefficient (Wildman–Crippen LogP) is 2.17. The maximum Gasteiger partial charge on any atom is 0.330 e. The SMILES string of the molecule is CCC1OC(=O)/C=C\[C@H](C)[C@@H](O[C@@H]2OC(C)C[C@H](N(C)C)[C@H]2O)[C@@H](C)C[C@@H](C)C(=O)CC(SC[C@@H](NC(C)=O)C(=O)O)[C@H]2O[C@H]2[C@@H]1CO[C@@H]1O[C@H](C)[C@@H](O)[C@@H](OC)[C@H]1OC. The lowest BCUT2D eigenvalue weighted by Crippen LogP contribution is -2.59. The molecular weight excluding hydrogens is 805 g/mol. The number of aliphatic hydroxyl groups is 2. The molecule has 4 rings (SSSR count). The molecule has 4 aliphatic heterocycles. The molecule has 0 aromatic heterocycles. The largest absolute Gasteiger partial charge is 0.480 e. The van der Waals surface area contributed by atoms with Gasteiger partial charge in [0.15, 0.2) is 12.6 Å². The van der Waals surface area contributed by atoms with Crippen LogP contribution in [0, 0.1) is 23.7 Å². The first kappa shape index (κ1) is 50.4. The maximum absolute atomic E-state index is 14.2. The van der Waals surface area contributed by atoms with Gasteiger partial charge >= 0.3 is 11.9 Å². The van der Waals surface area contributed by atoms with E-state index < -0.39 is 108 Å². The Bertz CT molecular complexity index is 1460. The molecule has 0 aromatic carbocycles. The molecule has 344 valence electrons. The van der Waals surface area contributed by atoms with Crippen molar-refractivity contribution in [3.63, 3.8) is 0 Å². The summed E-state index contributed by atoms with van der Waals surface area (Å²) >= 11 is 1.23. The second-order valence-electron chi connectivity index (χ2n) is 17.2. The summed E-state index contributed by atoms with van der Waals surface area (Å²) in [6.45, 7) is 12.4. The number of carboxylic acid groups (broad SMARTS) is 1. The third-order valence-electron chi connectivity index (χ3n) is 12.3. The molecule has 17 nitrogen and oxygen atoms in total. The zero-order valence-corrected chi connectivity index (χ0v) is 37.8. The monoisotopic (exact) mass is 874 g/mol. The number of aliphatic carboxylic acids is 1. The predicted molar refractivity (Wildman–Crippen MR) is 220 cm³/mol. The molecule has 0 aromatic rings. The van der Waals surface area contributed by atoms with Gasteiger partial charge in [-0.3, -0.25) is 9.59 Å². The van der Waals surface area contributed by atoms with E-state index in [0.717, 1.165) is 0 Å². The van der Waals surface area contributed by atoms with E-state index in [1.807, 2.05) is 53.6 Å². The lowest BCUT2D eigenvalue weighted by atomic mass is 9.83. The Morgan fingerprint density at radius 3 is 2.23 bits per heavy atom. The number of amides is 1. The summed E-state index contributed by atoms with van der Waals surface area (Å²) in [6.07, 6.45) is -4.17. The van der Waals surface area contributed by atoms with Crippen molar-refractivity contribution < 1.29 is 72.4 Å². The van der Waals surface area contributed by atoms with Gasteiger partial charge in [0, 0.05) is 68.4 Å². The fraction of sp³-hybridized carbons (Fsp3) is 0.857. The van der Waals surface area contributed by atoms with Gasteiger partial charge in [0.2, 0.25) is 5.91 Å². The van der Waals surface area contributed by atoms with Crippen LogP contribution in [0.2, 0.25) is 0 Å². The van der Waals surface area contributed by atoms with Crippen LogP contribution in [0.3, 0.4) is 0 Å². The van der Waals surface area contributed by atoms with Crippen LogP contribution < -0.4 is 5.32 Å². The molecule has 60 heavy (non-hydrogen) atoms. The van der Waals surface area contributed by atoms with E-state index in [1.54, 1.807) is 13.0 Å². The van der Waals surface area contributed by atoms with Gasteiger partial charge in [0.25, 0.3) is 0 Å². The van der Waals surface area contributed by atoms with Crippen molar-refractivity contribution >= 4 is 35.4 Å². The highest BCUT2D eigenvalue weighted by molar-refractivity contribution is 8.00. The third kappa shape index (κ3) is 13.2. The number of epoxide rings is 1. The Kier molecular flexibility index (Phi) is 19.3. The number of hydrogen-bond acceptors (Lipinski definition) is 16. The van der Waals surface area contributed by atoms with Gasteiger partial charge < -0.3 is 63.4 Å². The third-order valence-corrected chi connectivity index (χ3v) is 13.7. The fourth-order valence-electron chi connectivity index (χ4n) is 8.76. The first-order valence-electron chi connectivity index (χ1n) is 21.2. The van der Waals surface area contributed by atoms with Crippen LogP contribution >= 0.6 is 11.8 Å². The Hall–Kier alpha value is -2.23. The molecule has 4 N–H and O–H groups in total. The van der Waals surface area contributed by atoms with E-state index >= 15 is 0 Å². The van der Waals surface area contributed by atoms with E-state index in [-0.39, 0.29) is 48.5 Å². The first-order chi connectivity index (χ1) is 28.3. The van der Waals surface area contributed by atoms with Crippen LogP contribution in [0.25, 0.3) is 0 Å². The van der Waals surface area contributed by atoms with E-state index in [1.165, 1.54) is 39.0 Å². The highest BCUT2D eigenvalue weighted by Gasteiger charge is 2.54. The highest BCUT2D eigenvalue weighted by Crippen LogP contribution is 2.43. The normalized spacial score (nSPS) is 41.8. The number of rotatable bonds is 14. The number of Topliss-reactive ketones (excluding diaryl/α,β-unsaturated/α-hetero) is 1. The standard InChI is InChI=1S/C42H70N2O15S/c1-12-30-26(18-54-42-39(53-11)38(52-10)33(48)24(6)56-42)36-37(58-36)31(60-19-27(40(50)51)43-25(7)45)17-29(46)21(3)15-22(4)35(20(2)13-14-32(47)57-30)59-41-34(49)28(44(8)9)16-23(5)55-41/h13-14,20-24,26-28,30-31,33-39,41-42,48-49H,12,15-19H2,1-11H3,(H,43,45)(H,50,51)/b14-13-/t20-,21+,22-,23?,24+,26+,27+,28-,30?,31?,33+,34+,35+,36-,37+,38+,39+,41-,42+/m0/s1. The smallest absolute Gasteiger partial charge is 0.330 e. The number of aliphatic hydroxyl groups excluding tert-OH is 2. The molecule has 3 unspecified atom stereocenters. The van der Waals surface area contributed by atoms with Crippen molar-refractivity contribution in [2.75, 3.05) is 40.7 Å². The number of cyclic esters (lactones) is 1. The quantitative estimate of drug-likeness (QED) is 0.145. The van der Waals surface area contributed by atoms with Gasteiger partial charge in [0.1, 0.15) is 42.3 Å². The molecule has 0 spiro atoms. The van der Waals surface area contributed by atoms with Crippen LogP contribution in [-0.2, 0) is 57.1 Å². The molecule has 0 saturated carbocycles. The molecule has 0 radical (unpaired) electrons. The summed E-state index contributed by atoms with van der Waals surface area (Å²) in [7, 11) is 6.72. The zero-order valence-electron chi connectivity index (χ0n) is 37.0. The Labute approximate surface area is 358 Å². The molecule has 3 fully saturated rings. The summed E-state index contributed by atoms with van der Waals surface area (Å²) < 4.78 is 48.8. The topological polar surface area (TPSA) is 221 Å². The number of fused-ring (bicyclic) bond motifs is 1. The number of carbonyl (C=O) groups is 4. The number of nitrogens with one attached hydrogen (secondary N) is 1. The average Bonchev–Trinajstić information content (AvgIpc) is 3.98. The minimum atomic E-state index is -1.21. The van der Waals surface area contributed by atoms with Crippen LogP contribution in [0.4, 0.5) is 0 Å². The average molecular weight is 875 g/mol. The number of methoxy groups -OCH3 is 2. The molecule has 4 aliphatic rings. The number of carbonyl (C=O) groups excluding carboxylic acids is 3. The maximum atomic E-state index is 14.2. The summed E-state index contributed by atoms with van der Waals surface area (Å²) in [6, 6.07) is -1.42. The Morgan fingerprint density at radius 1 is 0.950 bits per heavy atom. The molecule has 1 amide bonds. The molecular formula is C42H70N2O15S. The number of likely N-dealkylation sites (N-methyl/N-ethyl adjacent to an activating group) is 1. The van der Waals surface area contributed by atoms with E-state index in [4.69, 9.17) is 37.9 Å². The highest BCUT2D eigenvalue weighted by atomic mass is 32.2. The fourth-order valence-corrected chi connectivity index (χ4v) is 10.1. The molecule has 18 heteroatoms. The van der Waals surface area contributed by atoms with Crippen LogP contribution in [-0.4, -0.2) is 175 Å². The minimum Gasteiger partial charge on any atom is -0.480 e. The van der Waals surface area contributed by atoms with Crippen molar-refractivity contribution in [3.05, 3.63) is 12.2 Å². The van der Waals surface area contributed by atoms with Gasteiger partial charge in [-0.05, 0) is 53.1 Å². The summed E-state index contributed by atoms with van der Waals surface area (Å²) in [5.41, 5.74) is 0. The van der Waals surface area contributed by atoms with Gasteiger partial charge in [-0.25, -0.2) is 9.59 Å². The van der Waals surface area contributed by atoms with Gasteiger partial charge in [-0.15, -0.1) is 0 Å². The van der Waals surface area contributed by atoms with E-state index in [9.17, 15) is 34.5 Å². The van der Waals surface area contributed by atoms with Crippen LogP contribution in [0.5, 0.6) is 0 Å². The first-order valence-corrected chi connectivity index (χ1v) is 22.2. The summed E-state index contributed by atoms with van der Waals surface area (Å²) in [4.78, 5) is 53.9. The number of thioether (sulfide) groups is 1. The van der Waals surface area contributed by atoms with Gasteiger partial charge in [0.05, 0.1) is 37.1 Å². The van der Waals surface area contributed by atoms with Crippen molar-refractivity contribution in [2.24, 2.45) is 23.7 Å². The number of ketones is 1. The van der Waals surface area contributed by atoms with Crippen molar-refractivity contribution in [1.82, 2.24) is 10.2 Å². The summed E-state index contributed by atoms with van der Waals surface area (Å²) in [5.74, 6) is -4.07. The minimum absolute atomic E-state index is 0.0318. The number of esters is 1. The number of nitrogens with zero attached hydrogens (tertiary/aromatic N) is 1. The zero-order chi connectivity index (χ0) is 44.6. The van der Waals surface area contributed by atoms with Gasteiger partial charge in [-0.1, -0.05) is 33.8 Å². The Balaban J connectivity index is 1.68. The van der Waals surface area contributed by atoms with Crippen LogP contribution in [0.15, 0.2) is 12.2 Å². The molecule has 0 aliphatic carbocycles. The number of hydrogen-bond donors (Lipinski definition) is 4. The second-order valence-corrected chi connectivity index (χ2v) is 18.5.